The number of rotatable bonds is 20. The van der Waals surface area contributed by atoms with E-state index in [9.17, 15) is 9.59 Å². The van der Waals surface area contributed by atoms with Crippen molar-refractivity contribution < 1.29 is 38.0 Å². The molecule has 8 nitrogen and oxygen atoms in total. The van der Waals surface area contributed by atoms with E-state index in [4.69, 9.17) is 28.4 Å². The number of unbranched alkanes of at least 4 members (excludes halogenated alkanes) is 2. The molecule has 2 rings (SSSR count). The van der Waals surface area contributed by atoms with E-state index < -0.39 is 24.1 Å². The first-order valence-corrected chi connectivity index (χ1v) is 13.5. The number of esters is 2. The summed E-state index contributed by atoms with van der Waals surface area (Å²) in [5, 5.41) is 1.96. The van der Waals surface area contributed by atoms with Gasteiger partial charge >= 0.3 is 11.9 Å². The van der Waals surface area contributed by atoms with Crippen LogP contribution >= 0.6 is 0 Å². The number of carbonyl (C=O) groups is 2. The molecule has 8 heteroatoms. The highest BCUT2D eigenvalue weighted by atomic mass is 16.6. The molecule has 0 spiro atoms. The molecule has 0 heterocycles. The number of ether oxygens (including phenoxy) is 6. The Hall–Kier alpha value is -3.36. The van der Waals surface area contributed by atoms with E-state index in [1.165, 1.54) is 0 Å². The van der Waals surface area contributed by atoms with Gasteiger partial charge < -0.3 is 28.4 Å². The number of hydrogen-bond acceptors (Lipinski definition) is 8. The largest absolute Gasteiger partial charge is 0.490 e. The van der Waals surface area contributed by atoms with Gasteiger partial charge in [-0.15, -0.1) is 0 Å². The van der Waals surface area contributed by atoms with Crippen molar-refractivity contribution in [3.8, 4) is 11.5 Å². The van der Waals surface area contributed by atoms with Crippen molar-refractivity contribution in [3.05, 3.63) is 61.2 Å². The number of hydrogen-bond donors (Lipinski definition) is 0. The maximum absolute atomic E-state index is 11.7. The topological polar surface area (TPSA) is 89.5 Å². The highest BCUT2D eigenvalue weighted by Crippen LogP contribution is 2.30. The molecule has 0 aliphatic rings. The fraction of sp³-hybridized carbons (Fsp3) is 0.484. The van der Waals surface area contributed by atoms with Crippen molar-refractivity contribution in [2.45, 2.75) is 58.7 Å². The zero-order chi connectivity index (χ0) is 28.5. The van der Waals surface area contributed by atoms with Gasteiger partial charge in [0, 0.05) is 25.4 Å². The summed E-state index contributed by atoms with van der Waals surface area (Å²) in [6.45, 7) is 15.1. The first-order chi connectivity index (χ1) is 18.9. The molecule has 2 aromatic rings. The molecule has 2 aromatic carbocycles. The van der Waals surface area contributed by atoms with Gasteiger partial charge in [-0.2, -0.15) is 0 Å². The maximum Gasteiger partial charge on any atom is 0.330 e. The molecule has 0 amide bonds. The van der Waals surface area contributed by atoms with Crippen LogP contribution in [0.4, 0.5) is 0 Å². The second kappa shape index (κ2) is 18.0. The highest BCUT2D eigenvalue weighted by molar-refractivity contribution is 5.88. The zero-order valence-corrected chi connectivity index (χ0v) is 23.4. The molecule has 0 aromatic heterocycles. The van der Waals surface area contributed by atoms with Gasteiger partial charge in [0.15, 0.2) is 12.2 Å². The van der Waals surface area contributed by atoms with Gasteiger partial charge in [-0.25, -0.2) is 9.59 Å². The van der Waals surface area contributed by atoms with Gasteiger partial charge in [0.05, 0.1) is 13.2 Å². The van der Waals surface area contributed by atoms with Crippen LogP contribution in [0.2, 0.25) is 0 Å². The number of carbonyl (C=O) groups excluding carboxylic acids is 2. The summed E-state index contributed by atoms with van der Waals surface area (Å²) in [5.74, 6) is 0.298. The standard InChI is InChI=1S/C31H42O8/c1-6-10-16-34-19-26(38-30(32)8-3)21-36-25-13-14-28-23(5)29(15-12-24(28)18-25)37-22-27(39-31(33)9-4)20-35-17-11-7-2/h8-9,12-15,18,26-27H,3-4,6-7,10-11,16-17,19-22H2,1-2,5H3. The van der Waals surface area contributed by atoms with Crippen LogP contribution in [0.3, 0.4) is 0 Å². The van der Waals surface area contributed by atoms with Gasteiger partial charge in [0.1, 0.15) is 24.7 Å². The van der Waals surface area contributed by atoms with Crippen molar-refractivity contribution in [1.82, 2.24) is 0 Å². The molecule has 0 bridgehead atoms. The van der Waals surface area contributed by atoms with E-state index in [0.29, 0.717) is 24.7 Å². The number of aryl methyl sites for hydroxylation is 1. The van der Waals surface area contributed by atoms with E-state index in [1.54, 1.807) is 0 Å². The van der Waals surface area contributed by atoms with E-state index in [1.807, 2.05) is 37.3 Å². The van der Waals surface area contributed by atoms with Gasteiger partial charge in [-0.05, 0) is 54.3 Å². The van der Waals surface area contributed by atoms with Crippen molar-refractivity contribution in [3.63, 3.8) is 0 Å². The van der Waals surface area contributed by atoms with Crippen LogP contribution in [0, 0.1) is 6.92 Å². The second-order valence-corrected chi connectivity index (χ2v) is 9.08. The Labute approximate surface area is 231 Å². The molecule has 0 N–H and O–H groups in total. The van der Waals surface area contributed by atoms with Gasteiger partial charge in [0.25, 0.3) is 0 Å². The maximum atomic E-state index is 11.7. The van der Waals surface area contributed by atoms with Crippen LogP contribution in [0.25, 0.3) is 10.8 Å². The SMILES string of the molecule is C=CC(=O)OC(COCCCC)COc1ccc2c(C)c(OCC(COCCCC)OC(=O)C=C)ccc2c1. The Kier molecular flexibility index (Phi) is 14.7. The summed E-state index contributed by atoms with van der Waals surface area (Å²) in [4.78, 5) is 23.4. The molecule has 0 aliphatic carbocycles. The molecule has 2 unspecified atom stereocenters. The summed E-state index contributed by atoms with van der Waals surface area (Å²) in [7, 11) is 0. The monoisotopic (exact) mass is 542 g/mol. The predicted molar refractivity (Wildman–Crippen MR) is 151 cm³/mol. The average Bonchev–Trinajstić information content (AvgIpc) is 2.95. The van der Waals surface area contributed by atoms with Crippen molar-refractivity contribution in [2.75, 3.05) is 39.6 Å². The molecule has 2 atom stereocenters. The summed E-state index contributed by atoms with van der Waals surface area (Å²) in [6.07, 6.45) is 5.08. The minimum atomic E-state index is -0.549. The quantitative estimate of drug-likeness (QED) is 0.119. The van der Waals surface area contributed by atoms with Crippen LogP contribution < -0.4 is 9.47 Å². The fourth-order valence-electron chi connectivity index (χ4n) is 3.64. The predicted octanol–water partition coefficient (Wildman–Crippen LogP) is 5.73. The molecular weight excluding hydrogens is 500 g/mol. The first kappa shape index (κ1) is 31.9. The van der Waals surface area contributed by atoms with Crippen molar-refractivity contribution in [1.29, 1.82) is 0 Å². The van der Waals surface area contributed by atoms with Crippen LogP contribution in [-0.4, -0.2) is 63.8 Å². The normalized spacial score (nSPS) is 12.4. The van der Waals surface area contributed by atoms with Crippen LogP contribution in [-0.2, 0) is 28.5 Å². The van der Waals surface area contributed by atoms with Gasteiger partial charge in [-0.3, -0.25) is 0 Å². The first-order valence-electron chi connectivity index (χ1n) is 13.5. The highest BCUT2D eigenvalue weighted by Gasteiger charge is 2.17. The Morgan fingerprint density at radius 1 is 0.795 bits per heavy atom. The average molecular weight is 543 g/mol. The van der Waals surface area contributed by atoms with E-state index in [0.717, 1.165) is 54.2 Å². The molecule has 0 fully saturated rings. The Morgan fingerprint density at radius 3 is 1.90 bits per heavy atom. The molecule has 39 heavy (non-hydrogen) atoms. The molecular formula is C31H42O8. The smallest absolute Gasteiger partial charge is 0.330 e. The third kappa shape index (κ3) is 11.5. The molecule has 214 valence electrons. The van der Waals surface area contributed by atoms with Gasteiger partial charge in [0.2, 0.25) is 0 Å². The minimum absolute atomic E-state index is 0.155. The summed E-state index contributed by atoms with van der Waals surface area (Å²) in [5.41, 5.74) is 0.946. The molecule has 0 saturated carbocycles. The molecule has 0 aliphatic heterocycles. The summed E-state index contributed by atoms with van der Waals surface area (Å²) in [6, 6.07) is 9.56. The third-order valence-electron chi connectivity index (χ3n) is 5.86. The number of benzene rings is 2. The fourth-order valence-corrected chi connectivity index (χ4v) is 3.64. The Morgan fingerprint density at radius 2 is 1.36 bits per heavy atom. The number of fused-ring (bicyclic) bond motifs is 1. The van der Waals surface area contributed by atoms with E-state index >= 15 is 0 Å². The van der Waals surface area contributed by atoms with E-state index in [2.05, 4.69) is 27.0 Å². The molecule has 0 saturated heterocycles. The van der Waals surface area contributed by atoms with Crippen LogP contribution in [0.5, 0.6) is 11.5 Å². The van der Waals surface area contributed by atoms with Crippen molar-refractivity contribution in [2.24, 2.45) is 0 Å². The van der Waals surface area contributed by atoms with E-state index in [-0.39, 0.29) is 26.4 Å². The van der Waals surface area contributed by atoms with Gasteiger partial charge in [-0.1, -0.05) is 52.0 Å². The lowest BCUT2D eigenvalue weighted by molar-refractivity contribution is -0.148. The minimum Gasteiger partial charge on any atom is -0.490 e. The third-order valence-corrected chi connectivity index (χ3v) is 5.86. The second-order valence-electron chi connectivity index (χ2n) is 9.08. The lowest BCUT2D eigenvalue weighted by Gasteiger charge is -2.20. The Bertz CT molecular complexity index is 1060. The van der Waals surface area contributed by atoms with Crippen LogP contribution in [0.15, 0.2) is 55.6 Å². The molecule has 0 radical (unpaired) electrons. The lowest BCUT2D eigenvalue weighted by Crippen LogP contribution is -2.29. The lowest BCUT2D eigenvalue weighted by atomic mass is 10.0. The summed E-state index contributed by atoms with van der Waals surface area (Å²) >= 11 is 0. The van der Waals surface area contributed by atoms with Crippen molar-refractivity contribution >= 4 is 22.7 Å². The summed E-state index contributed by atoms with van der Waals surface area (Å²) < 4.78 is 34.0. The Balaban J connectivity index is 2.04. The van der Waals surface area contributed by atoms with Crippen LogP contribution in [0.1, 0.15) is 45.1 Å². The zero-order valence-electron chi connectivity index (χ0n) is 23.4.